The fraction of sp³-hybridized carbons (Fsp3) is 0. The first kappa shape index (κ1) is 14.1. The molecule has 0 aliphatic carbocycles. The van der Waals surface area contributed by atoms with Crippen molar-refractivity contribution in [3.05, 3.63) is 52.9 Å². The van der Waals surface area contributed by atoms with Crippen LogP contribution in [0.1, 0.15) is 0 Å². The van der Waals surface area contributed by atoms with Crippen LogP contribution in [0.3, 0.4) is 0 Å². The molecule has 4 rings (SSSR count). The lowest BCUT2D eigenvalue weighted by Crippen LogP contribution is -2.00. The first-order chi connectivity index (χ1) is 11.1. The van der Waals surface area contributed by atoms with Crippen molar-refractivity contribution in [3.8, 4) is 11.1 Å². The van der Waals surface area contributed by atoms with E-state index < -0.39 is 0 Å². The Labute approximate surface area is 141 Å². The Kier molecular flexibility index (Phi) is 3.07. The van der Waals surface area contributed by atoms with Crippen LogP contribution in [0.25, 0.3) is 27.7 Å². The molecule has 0 spiro atoms. The number of benzene rings is 2. The number of nitrogens with two attached hydrogens (primary N) is 2. The Morgan fingerprint density at radius 1 is 1.00 bits per heavy atom. The molecule has 4 aromatic rings. The number of aromatic nitrogens is 3. The molecular weight excluding hydrogens is 333 g/mol. The first-order valence-electron chi connectivity index (χ1n) is 6.81. The average molecular weight is 344 g/mol. The summed E-state index contributed by atoms with van der Waals surface area (Å²) in [4.78, 5) is 8.65. The fourth-order valence-electron chi connectivity index (χ4n) is 2.74. The van der Waals surface area contributed by atoms with Crippen molar-refractivity contribution in [1.29, 1.82) is 0 Å². The van der Waals surface area contributed by atoms with Crippen molar-refractivity contribution < 1.29 is 0 Å². The van der Waals surface area contributed by atoms with Crippen LogP contribution in [-0.4, -0.2) is 14.4 Å². The lowest BCUT2D eigenvalue weighted by molar-refractivity contribution is 1.19. The summed E-state index contributed by atoms with van der Waals surface area (Å²) in [6, 6.07) is 8.96. The summed E-state index contributed by atoms with van der Waals surface area (Å²) in [7, 11) is 0. The minimum absolute atomic E-state index is 0.379. The smallest absolute Gasteiger partial charge is 0.150 e. The van der Waals surface area contributed by atoms with E-state index in [-0.39, 0.29) is 0 Å². The number of nitrogens with zero attached hydrogens (tertiary/aromatic N) is 3. The molecule has 7 heteroatoms. The van der Waals surface area contributed by atoms with Crippen LogP contribution in [0.2, 0.25) is 10.0 Å². The predicted molar refractivity (Wildman–Crippen MR) is 94.8 cm³/mol. The van der Waals surface area contributed by atoms with Gasteiger partial charge < -0.3 is 11.5 Å². The summed E-state index contributed by atoms with van der Waals surface area (Å²) in [6.07, 6.45) is 3.33. The highest BCUT2D eigenvalue weighted by atomic mass is 35.5. The molecule has 0 saturated carbocycles. The van der Waals surface area contributed by atoms with Gasteiger partial charge in [0.05, 0.1) is 23.6 Å². The van der Waals surface area contributed by atoms with Gasteiger partial charge in [-0.05, 0) is 24.3 Å². The number of halogens is 2. The summed E-state index contributed by atoms with van der Waals surface area (Å²) in [5.74, 6) is 0.379. The molecule has 2 aromatic carbocycles. The van der Waals surface area contributed by atoms with Crippen LogP contribution < -0.4 is 11.5 Å². The summed E-state index contributed by atoms with van der Waals surface area (Å²) >= 11 is 12.7. The van der Waals surface area contributed by atoms with E-state index in [4.69, 9.17) is 34.7 Å². The highest BCUT2D eigenvalue weighted by Crippen LogP contribution is 2.39. The van der Waals surface area contributed by atoms with Crippen LogP contribution >= 0.6 is 23.2 Å². The van der Waals surface area contributed by atoms with Crippen molar-refractivity contribution in [2.24, 2.45) is 0 Å². The molecule has 2 heterocycles. The molecule has 0 atom stereocenters. The normalized spacial score (nSPS) is 11.4. The Morgan fingerprint density at radius 2 is 1.74 bits per heavy atom. The molecule has 23 heavy (non-hydrogen) atoms. The van der Waals surface area contributed by atoms with Crippen LogP contribution in [0.15, 0.2) is 42.9 Å². The second kappa shape index (κ2) is 5.01. The number of hydrogen-bond donors (Lipinski definition) is 2. The van der Waals surface area contributed by atoms with Crippen molar-refractivity contribution >= 4 is 51.3 Å². The second-order valence-corrected chi connectivity index (χ2v) is 5.99. The van der Waals surface area contributed by atoms with E-state index in [0.29, 0.717) is 32.6 Å². The van der Waals surface area contributed by atoms with E-state index in [2.05, 4.69) is 9.97 Å². The Morgan fingerprint density at radius 3 is 2.48 bits per heavy atom. The van der Waals surface area contributed by atoms with E-state index in [1.807, 2.05) is 10.5 Å². The highest BCUT2D eigenvalue weighted by Gasteiger charge is 2.16. The van der Waals surface area contributed by atoms with Gasteiger partial charge in [-0.25, -0.2) is 9.97 Å². The quantitative estimate of drug-likeness (QED) is 0.511. The first-order valence-corrected chi connectivity index (χ1v) is 7.57. The van der Waals surface area contributed by atoms with Gasteiger partial charge >= 0.3 is 0 Å². The van der Waals surface area contributed by atoms with Crippen LogP contribution in [0.4, 0.5) is 11.5 Å². The fourth-order valence-corrected chi connectivity index (χ4v) is 3.34. The van der Waals surface area contributed by atoms with Crippen LogP contribution in [0.5, 0.6) is 0 Å². The van der Waals surface area contributed by atoms with Gasteiger partial charge in [-0.15, -0.1) is 0 Å². The zero-order chi connectivity index (χ0) is 16.1. The molecular formula is C16H11Cl2N5. The Hall–Kier alpha value is -2.50. The Balaban J connectivity index is 2.22. The number of fused-ring (bicyclic) bond motifs is 3. The largest absolute Gasteiger partial charge is 0.399 e. The lowest BCUT2D eigenvalue weighted by atomic mass is 10.0. The summed E-state index contributed by atoms with van der Waals surface area (Å²) in [6.45, 7) is 0. The molecule has 0 fully saturated rings. The predicted octanol–water partition coefficient (Wildman–Crippen LogP) is 4.02. The van der Waals surface area contributed by atoms with Gasteiger partial charge in [-0.1, -0.05) is 29.3 Å². The molecule has 5 nitrogen and oxygen atoms in total. The van der Waals surface area contributed by atoms with E-state index in [1.165, 1.54) is 0 Å². The molecule has 0 radical (unpaired) electrons. The van der Waals surface area contributed by atoms with Gasteiger partial charge in [0, 0.05) is 26.9 Å². The number of imidazole rings is 1. The van der Waals surface area contributed by atoms with Crippen molar-refractivity contribution in [3.63, 3.8) is 0 Å². The maximum Gasteiger partial charge on any atom is 0.150 e. The molecule has 0 bridgehead atoms. The van der Waals surface area contributed by atoms with E-state index >= 15 is 0 Å². The topological polar surface area (TPSA) is 82.2 Å². The molecule has 0 saturated heterocycles. The monoisotopic (exact) mass is 343 g/mol. The minimum Gasteiger partial charge on any atom is -0.399 e. The third kappa shape index (κ3) is 2.09. The molecule has 0 aliphatic rings. The summed E-state index contributed by atoms with van der Waals surface area (Å²) < 4.78 is 1.85. The second-order valence-electron chi connectivity index (χ2n) is 5.18. The summed E-state index contributed by atoms with van der Waals surface area (Å²) in [5, 5.41) is 1.05. The standard InChI is InChI=1S/C16H11Cl2N5/c17-10-2-1-3-11(18)14(10)9-4-8(19)5-12-15(9)22-16(20)13-6-21-7-23(12)13/h1-7H,19H2,(H2,20,22). The molecule has 2 aromatic heterocycles. The van der Waals surface area contributed by atoms with Crippen molar-refractivity contribution in [2.75, 3.05) is 11.5 Å². The molecule has 4 N–H and O–H groups in total. The van der Waals surface area contributed by atoms with E-state index in [9.17, 15) is 0 Å². The molecule has 0 amide bonds. The van der Waals surface area contributed by atoms with Gasteiger partial charge in [-0.3, -0.25) is 4.40 Å². The maximum atomic E-state index is 6.35. The SMILES string of the molecule is Nc1cc(-c2c(Cl)cccc2Cl)c2nc(N)c3cncn3c2c1. The van der Waals surface area contributed by atoms with Crippen LogP contribution in [-0.2, 0) is 0 Å². The third-order valence-electron chi connectivity index (χ3n) is 3.74. The lowest BCUT2D eigenvalue weighted by Gasteiger charge is -2.13. The number of rotatable bonds is 1. The van der Waals surface area contributed by atoms with Gasteiger partial charge in [0.25, 0.3) is 0 Å². The van der Waals surface area contributed by atoms with Gasteiger partial charge in [0.15, 0.2) is 0 Å². The van der Waals surface area contributed by atoms with E-state index in [0.717, 1.165) is 16.6 Å². The molecule has 0 unspecified atom stereocenters. The number of hydrogen-bond acceptors (Lipinski definition) is 4. The minimum atomic E-state index is 0.379. The Bertz CT molecular complexity index is 1050. The van der Waals surface area contributed by atoms with E-state index in [1.54, 1.807) is 36.8 Å². The van der Waals surface area contributed by atoms with Crippen LogP contribution in [0, 0.1) is 0 Å². The number of nitrogen functional groups attached to an aromatic ring is 2. The van der Waals surface area contributed by atoms with Crippen molar-refractivity contribution in [2.45, 2.75) is 0 Å². The van der Waals surface area contributed by atoms with Gasteiger partial charge in [-0.2, -0.15) is 0 Å². The van der Waals surface area contributed by atoms with Gasteiger partial charge in [0.1, 0.15) is 11.3 Å². The molecule has 0 aliphatic heterocycles. The number of anilines is 2. The average Bonchev–Trinajstić information content (AvgIpc) is 2.99. The molecule has 114 valence electrons. The summed E-state index contributed by atoms with van der Waals surface area (Å²) in [5.41, 5.74) is 16.3. The zero-order valence-corrected chi connectivity index (χ0v) is 13.3. The highest BCUT2D eigenvalue weighted by molar-refractivity contribution is 6.39. The van der Waals surface area contributed by atoms with Crippen molar-refractivity contribution in [1.82, 2.24) is 14.4 Å². The van der Waals surface area contributed by atoms with Gasteiger partial charge in [0.2, 0.25) is 0 Å². The zero-order valence-electron chi connectivity index (χ0n) is 11.8. The third-order valence-corrected chi connectivity index (χ3v) is 4.37. The maximum absolute atomic E-state index is 6.35.